The van der Waals surface area contributed by atoms with E-state index in [1.54, 1.807) is 13.2 Å². The molecule has 2 aromatic rings. The molecule has 0 unspecified atom stereocenters. The molecule has 0 bridgehead atoms. The summed E-state index contributed by atoms with van der Waals surface area (Å²) >= 11 is 0. The zero-order valence-corrected chi connectivity index (χ0v) is 15.1. The van der Waals surface area contributed by atoms with Crippen molar-refractivity contribution >= 4 is 0 Å². The lowest BCUT2D eigenvalue weighted by atomic mass is 10.1. The van der Waals surface area contributed by atoms with E-state index < -0.39 is 0 Å². The number of unbranched alkanes of at least 4 members (excludes halogenated alkanes) is 1. The van der Waals surface area contributed by atoms with Crippen molar-refractivity contribution in [3.8, 4) is 17.2 Å². The van der Waals surface area contributed by atoms with Crippen molar-refractivity contribution in [2.75, 3.05) is 13.7 Å². The molecule has 4 nitrogen and oxygen atoms in total. The fraction of sp³-hybridized carbons (Fsp3) is 0.429. The molecule has 1 aliphatic rings. The molecule has 134 valence electrons. The van der Waals surface area contributed by atoms with E-state index in [2.05, 4.69) is 30.0 Å². The van der Waals surface area contributed by atoms with Gasteiger partial charge in [0.25, 0.3) is 0 Å². The third-order valence-electron chi connectivity index (χ3n) is 4.70. The second-order valence-electron chi connectivity index (χ2n) is 6.63. The smallest absolute Gasteiger partial charge is 0.162 e. The van der Waals surface area contributed by atoms with Gasteiger partial charge in [-0.3, -0.25) is 4.90 Å². The van der Waals surface area contributed by atoms with Gasteiger partial charge in [0.1, 0.15) is 11.9 Å². The Morgan fingerprint density at radius 2 is 2.04 bits per heavy atom. The van der Waals surface area contributed by atoms with Crippen LogP contribution in [0.25, 0.3) is 0 Å². The number of fused-ring (bicyclic) bond motifs is 1. The van der Waals surface area contributed by atoms with Gasteiger partial charge in [-0.05, 0) is 25.0 Å². The summed E-state index contributed by atoms with van der Waals surface area (Å²) in [4.78, 5) is 2.35. The summed E-state index contributed by atoms with van der Waals surface area (Å²) in [5.41, 5.74) is 2.08. The van der Waals surface area contributed by atoms with Crippen LogP contribution in [-0.2, 0) is 13.1 Å². The van der Waals surface area contributed by atoms with Crippen molar-refractivity contribution < 1.29 is 14.6 Å². The second-order valence-corrected chi connectivity index (χ2v) is 6.63. The molecule has 25 heavy (non-hydrogen) atoms. The average Bonchev–Trinajstić information content (AvgIpc) is 2.80. The van der Waals surface area contributed by atoms with E-state index in [-0.39, 0.29) is 11.9 Å². The van der Waals surface area contributed by atoms with Crippen molar-refractivity contribution in [2.24, 2.45) is 0 Å². The van der Waals surface area contributed by atoms with Gasteiger partial charge in [-0.15, -0.1) is 0 Å². The lowest BCUT2D eigenvalue weighted by Gasteiger charge is -2.24. The highest BCUT2D eigenvalue weighted by Gasteiger charge is 2.23. The van der Waals surface area contributed by atoms with Crippen molar-refractivity contribution in [1.29, 1.82) is 0 Å². The predicted molar refractivity (Wildman–Crippen MR) is 99.2 cm³/mol. The maximum absolute atomic E-state index is 10.4. The van der Waals surface area contributed by atoms with Gasteiger partial charge in [-0.1, -0.05) is 43.7 Å². The van der Waals surface area contributed by atoms with E-state index in [9.17, 15) is 5.11 Å². The van der Waals surface area contributed by atoms with Crippen molar-refractivity contribution in [1.82, 2.24) is 4.90 Å². The summed E-state index contributed by atoms with van der Waals surface area (Å²) in [7, 11) is 1.58. The topological polar surface area (TPSA) is 41.9 Å². The lowest BCUT2D eigenvalue weighted by molar-refractivity contribution is 0.132. The minimum Gasteiger partial charge on any atom is -0.504 e. The summed E-state index contributed by atoms with van der Waals surface area (Å²) in [6.07, 6.45) is 3.55. The highest BCUT2D eigenvalue weighted by atomic mass is 16.5. The van der Waals surface area contributed by atoms with Gasteiger partial charge in [0.2, 0.25) is 0 Å². The Balaban J connectivity index is 1.82. The molecule has 4 heteroatoms. The summed E-state index contributed by atoms with van der Waals surface area (Å²) in [5, 5.41) is 10.4. The number of phenols is 1. The fourth-order valence-electron chi connectivity index (χ4n) is 3.36. The van der Waals surface area contributed by atoms with E-state index >= 15 is 0 Å². The zero-order valence-electron chi connectivity index (χ0n) is 15.1. The van der Waals surface area contributed by atoms with Crippen molar-refractivity contribution in [3.63, 3.8) is 0 Å². The molecule has 2 aromatic carbocycles. The van der Waals surface area contributed by atoms with Gasteiger partial charge in [-0.25, -0.2) is 0 Å². The summed E-state index contributed by atoms with van der Waals surface area (Å²) in [6.45, 7) is 4.54. The normalized spacial score (nSPS) is 17.4. The Hall–Kier alpha value is -2.20. The number of nitrogens with zero attached hydrogens (tertiary/aromatic N) is 1. The lowest BCUT2D eigenvalue weighted by Crippen LogP contribution is -2.32. The number of hydrogen-bond donors (Lipinski definition) is 1. The molecule has 0 fully saturated rings. The van der Waals surface area contributed by atoms with Crippen LogP contribution in [0.15, 0.2) is 42.5 Å². The number of para-hydroxylation sites is 2. The Morgan fingerprint density at radius 1 is 1.20 bits per heavy atom. The number of aromatic hydroxyl groups is 1. The van der Waals surface area contributed by atoms with E-state index in [0.717, 1.165) is 43.7 Å². The van der Waals surface area contributed by atoms with E-state index in [1.165, 1.54) is 5.56 Å². The third kappa shape index (κ3) is 4.26. The Morgan fingerprint density at radius 3 is 2.84 bits per heavy atom. The van der Waals surface area contributed by atoms with Crippen LogP contribution in [0.4, 0.5) is 0 Å². The van der Waals surface area contributed by atoms with E-state index in [4.69, 9.17) is 9.47 Å². The summed E-state index contributed by atoms with van der Waals surface area (Å²) in [6, 6.07) is 13.9. The largest absolute Gasteiger partial charge is 0.504 e. The van der Waals surface area contributed by atoms with Crippen LogP contribution in [-0.4, -0.2) is 29.8 Å². The van der Waals surface area contributed by atoms with Crippen LogP contribution < -0.4 is 9.47 Å². The zero-order chi connectivity index (χ0) is 17.6. The fourth-order valence-corrected chi connectivity index (χ4v) is 3.36. The molecule has 0 radical (unpaired) electrons. The van der Waals surface area contributed by atoms with Crippen molar-refractivity contribution in [2.45, 2.75) is 45.4 Å². The van der Waals surface area contributed by atoms with Gasteiger partial charge in [0, 0.05) is 30.8 Å². The van der Waals surface area contributed by atoms with Gasteiger partial charge in [0.05, 0.1) is 7.11 Å². The monoisotopic (exact) mass is 341 g/mol. The number of rotatable bonds is 6. The average molecular weight is 341 g/mol. The van der Waals surface area contributed by atoms with E-state index in [0.29, 0.717) is 12.3 Å². The van der Waals surface area contributed by atoms with Crippen LogP contribution in [0, 0.1) is 0 Å². The first-order valence-electron chi connectivity index (χ1n) is 9.03. The molecule has 3 rings (SSSR count). The molecule has 0 amide bonds. The molecule has 0 aromatic heterocycles. The van der Waals surface area contributed by atoms with Crippen molar-refractivity contribution in [3.05, 3.63) is 53.6 Å². The first-order valence-corrected chi connectivity index (χ1v) is 9.03. The molecule has 0 spiro atoms. The van der Waals surface area contributed by atoms with E-state index in [1.807, 2.05) is 18.2 Å². The first-order chi connectivity index (χ1) is 12.2. The van der Waals surface area contributed by atoms with Crippen LogP contribution in [0.5, 0.6) is 17.2 Å². The van der Waals surface area contributed by atoms with Crippen LogP contribution in [0.3, 0.4) is 0 Å². The maximum Gasteiger partial charge on any atom is 0.162 e. The molecular formula is C21H27NO3. The first kappa shape index (κ1) is 17.6. The number of phenolic OH excluding ortho intramolecular Hbond substituents is 1. The molecule has 1 heterocycles. The molecule has 0 saturated carbocycles. The minimum atomic E-state index is 0.177. The molecule has 1 N–H and O–H groups in total. The molecule has 1 atom stereocenters. The molecule has 0 saturated heterocycles. The second kappa shape index (κ2) is 8.26. The predicted octanol–water partition coefficient (Wildman–Crippen LogP) is 4.35. The van der Waals surface area contributed by atoms with Crippen LogP contribution >= 0.6 is 0 Å². The number of methoxy groups -OCH3 is 1. The SMILES string of the molecule is CCCC[C@H]1CN(Cc2cccc(OC)c2O)Cc2ccccc2O1. The highest BCUT2D eigenvalue weighted by Crippen LogP contribution is 2.32. The molecular weight excluding hydrogens is 314 g/mol. The highest BCUT2D eigenvalue weighted by molar-refractivity contribution is 5.45. The number of ether oxygens (including phenoxy) is 2. The quantitative estimate of drug-likeness (QED) is 0.848. The molecule has 1 aliphatic heterocycles. The standard InChI is InChI=1S/C21H27NO3/c1-3-4-10-18-15-22(13-16-8-5-6-11-19(16)25-18)14-17-9-7-12-20(24-2)21(17)23/h5-9,11-12,18,23H,3-4,10,13-15H2,1-2H3/t18-/m0/s1. The number of benzene rings is 2. The van der Waals surface area contributed by atoms with Gasteiger partial charge < -0.3 is 14.6 Å². The Labute approximate surface area is 150 Å². The maximum atomic E-state index is 10.4. The summed E-state index contributed by atoms with van der Waals surface area (Å²) in [5.74, 6) is 1.74. The Bertz CT molecular complexity index is 701. The third-order valence-corrected chi connectivity index (χ3v) is 4.70. The summed E-state index contributed by atoms with van der Waals surface area (Å²) < 4.78 is 11.5. The Kier molecular flexibility index (Phi) is 5.82. The van der Waals surface area contributed by atoms with Gasteiger partial charge in [0.15, 0.2) is 11.5 Å². The molecule has 0 aliphatic carbocycles. The van der Waals surface area contributed by atoms with Crippen LogP contribution in [0.2, 0.25) is 0 Å². The number of hydrogen-bond acceptors (Lipinski definition) is 4. The van der Waals surface area contributed by atoms with Gasteiger partial charge >= 0.3 is 0 Å². The minimum absolute atomic E-state index is 0.177. The van der Waals surface area contributed by atoms with Gasteiger partial charge in [-0.2, -0.15) is 0 Å². The van der Waals surface area contributed by atoms with Crippen LogP contribution in [0.1, 0.15) is 37.3 Å².